The molecule has 0 spiro atoms. The molecular weight excluding hydrogens is 234 g/mol. The van der Waals surface area contributed by atoms with Crippen LogP contribution in [0.15, 0.2) is 12.1 Å². The third-order valence-electron chi connectivity index (χ3n) is 1.46. The number of hydrogen-bond acceptors (Lipinski definition) is 2. The molecule has 8 heteroatoms. The van der Waals surface area contributed by atoms with E-state index in [1.165, 1.54) is 0 Å². The molecule has 0 aliphatic heterocycles. The van der Waals surface area contributed by atoms with Crippen LogP contribution in [0.1, 0.15) is 0 Å². The molecule has 0 atom stereocenters. The first-order chi connectivity index (χ1) is 7.40. The van der Waals surface area contributed by atoms with Crippen molar-refractivity contribution >= 4 is 11.8 Å². The molecule has 88 valence electrons. The number of carbonyl (C=O) groups is 1. The van der Waals surface area contributed by atoms with Crippen molar-refractivity contribution in [3.8, 4) is 5.75 Å². The number of benzene rings is 1. The minimum Gasteiger partial charge on any atom is -0.465 e. The topological polar surface area (TPSA) is 58.6 Å². The molecule has 0 saturated heterocycles. The van der Waals surface area contributed by atoms with E-state index in [0.717, 1.165) is 0 Å². The first-order valence-corrected chi connectivity index (χ1v) is 3.84. The van der Waals surface area contributed by atoms with Crippen LogP contribution in [0.5, 0.6) is 5.75 Å². The van der Waals surface area contributed by atoms with Crippen molar-refractivity contribution in [1.82, 2.24) is 0 Å². The van der Waals surface area contributed by atoms with Crippen molar-refractivity contribution in [3.05, 3.63) is 23.8 Å². The fourth-order valence-corrected chi connectivity index (χ4v) is 0.957. The first-order valence-electron chi connectivity index (χ1n) is 3.84. The number of amides is 1. The average Bonchev–Trinajstić information content (AvgIpc) is 2.10. The summed E-state index contributed by atoms with van der Waals surface area (Å²) < 4.78 is 53.0. The molecule has 0 aliphatic carbocycles. The molecule has 0 unspecified atom stereocenters. The third kappa shape index (κ3) is 3.01. The number of halogens is 4. The SMILES string of the molecule is O=C(O)Nc1cc(F)c(OC(F)F)c(F)c1. The Balaban J connectivity index is 3.02. The van der Waals surface area contributed by atoms with Crippen LogP contribution in [-0.2, 0) is 0 Å². The molecule has 2 N–H and O–H groups in total. The normalized spacial score (nSPS) is 10.3. The zero-order valence-electron chi connectivity index (χ0n) is 7.51. The van der Waals surface area contributed by atoms with E-state index in [1.807, 2.05) is 0 Å². The van der Waals surface area contributed by atoms with Crippen LogP contribution in [0, 0.1) is 11.6 Å². The van der Waals surface area contributed by atoms with E-state index < -0.39 is 35.8 Å². The number of hydrogen-bond donors (Lipinski definition) is 2. The fourth-order valence-electron chi connectivity index (χ4n) is 0.957. The Kier molecular flexibility index (Phi) is 3.54. The Labute approximate surface area is 86.4 Å². The van der Waals surface area contributed by atoms with Gasteiger partial charge in [-0.15, -0.1) is 0 Å². The standard InChI is InChI=1S/C8H5F4NO3/c9-4-1-3(13-8(14)15)2-5(10)6(4)16-7(11)12/h1-2,7,13H,(H,14,15). The number of carboxylic acid groups (broad SMARTS) is 1. The number of nitrogens with one attached hydrogen (secondary N) is 1. The summed E-state index contributed by atoms with van der Waals surface area (Å²) in [5, 5.41) is 9.92. The van der Waals surface area contributed by atoms with Gasteiger partial charge in [0, 0.05) is 12.1 Å². The average molecular weight is 239 g/mol. The van der Waals surface area contributed by atoms with Crippen molar-refractivity contribution in [3.63, 3.8) is 0 Å². The first kappa shape index (κ1) is 12.1. The van der Waals surface area contributed by atoms with Crippen LogP contribution >= 0.6 is 0 Å². The van der Waals surface area contributed by atoms with Gasteiger partial charge in [-0.25, -0.2) is 13.6 Å². The van der Waals surface area contributed by atoms with E-state index in [4.69, 9.17) is 5.11 Å². The lowest BCUT2D eigenvalue weighted by atomic mass is 10.2. The van der Waals surface area contributed by atoms with Gasteiger partial charge in [-0.05, 0) is 0 Å². The maximum Gasteiger partial charge on any atom is 0.409 e. The minimum absolute atomic E-state index is 0.427. The van der Waals surface area contributed by atoms with E-state index in [-0.39, 0.29) is 0 Å². The maximum atomic E-state index is 13.0. The molecule has 1 amide bonds. The summed E-state index contributed by atoms with van der Waals surface area (Å²) in [5.41, 5.74) is -0.427. The van der Waals surface area contributed by atoms with Crippen LogP contribution < -0.4 is 10.1 Å². The molecule has 4 nitrogen and oxygen atoms in total. The van der Waals surface area contributed by atoms with Gasteiger partial charge in [0.05, 0.1) is 5.69 Å². The molecule has 1 rings (SSSR count). The van der Waals surface area contributed by atoms with Crippen LogP contribution in [0.25, 0.3) is 0 Å². The highest BCUT2D eigenvalue weighted by atomic mass is 19.3. The summed E-state index contributed by atoms with van der Waals surface area (Å²) >= 11 is 0. The van der Waals surface area contributed by atoms with Crippen LogP contribution in [0.4, 0.5) is 28.0 Å². The highest BCUT2D eigenvalue weighted by molar-refractivity contribution is 5.82. The van der Waals surface area contributed by atoms with Gasteiger partial charge in [-0.3, -0.25) is 5.32 Å². The molecule has 0 aromatic heterocycles. The fraction of sp³-hybridized carbons (Fsp3) is 0.125. The van der Waals surface area contributed by atoms with Crippen LogP contribution in [0.2, 0.25) is 0 Å². The third-order valence-corrected chi connectivity index (χ3v) is 1.46. The van der Waals surface area contributed by atoms with Crippen molar-refractivity contribution < 1.29 is 32.2 Å². The van der Waals surface area contributed by atoms with Gasteiger partial charge in [0.15, 0.2) is 17.4 Å². The summed E-state index contributed by atoms with van der Waals surface area (Å²) in [7, 11) is 0. The van der Waals surface area contributed by atoms with E-state index in [0.29, 0.717) is 12.1 Å². The lowest BCUT2D eigenvalue weighted by molar-refractivity contribution is -0.0546. The zero-order valence-corrected chi connectivity index (χ0v) is 7.51. The van der Waals surface area contributed by atoms with Gasteiger partial charge in [0.2, 0.25) is 0 Å². The predicted molar refractivity (Wildman–Crippen MR) is 44.6 cm³/mol. The van der Waals surface area contributed by atoms with Gasteiger partial charge < -0.3 is 9.84 Å². The summed E-state index contributed by atoms with van der Waals surface area (Å²) in [6.45, 7) is -3.37. The Hall–Kier alpha value is -1.99. The van der Waals surface area contributed by atoms with Gasteiger partial charge in [-0.1, -0.05) is 0 Å². The highest BCUT2D eigenvalue weighted by Gasteiger charge is 2.17. The van der Waals surface area contributed by atoms with E-state index in [2.05, 4.69) is 4.74 Å². The molecule has 0 radical (unpaired) electrons. The summed E-state index contributed by atoms with van der Waals surface area (Å²) in [6, 6.07) is 1.05. The van der Waals surface area contributed by atoms with E-state index in [9.17, 15) is 22.4 Å². The Morgan fingerprint density at radius 1 is 1.31 bits per heavy atom. The summed E-state index contributed by atoms with van der Waals surface area (Å²) in [4.78, 5) is 10.1. The van der Waals surface area contributed by atoms with Crippen LogP contribution in [-0.4, -0.2) is 17.8 Å². The lowest BCUT2D eigenvalue weighted by Gasteiger charge is -2.08. The van der Waals surface area contributed by atoms with Crippen molar-refractivity contribution in [2.24, 2.45) is 0 Å². The molecule has 0 saturated carbocycles. The largest absolute Gasteiger partial charge is 0.465 e. The smallest absolute Gasteiger partial charge is 0.409 e. The second-order valence-corrected chi connectivity index (χ2v) is 2.58. The Morgan fingerprint density at radius 2 is 1.81 bits per heavy atom. The van der Waals surface area contributed by atoms with Crippen molar-refractivity contribution in [2.45, 2.75) is 6.61 Å². The monoisotopic (exact) mass is 239 g/mol. The second-order valence-electron chi connectivity index (χ2n) is 2.58. The number of ether oxygens (including phenoxy) is 1. The minimum atomic E-state index is -3.37. The highest BCUT2D eigenvalue weighted by Crippen LogP contribution is 2.27. The van der Waals surface area contributed by atoms with Gasteiger partial charge >= 0.3 is 12.7 Å². The van der Waals surface area contributed by atoms with E-state index in [1.54, 1.807) is 5.32 Å². The Bertz CT molecular complexity index is 387. The molecule has 0 fully saturated rings. The van der Waals surface area contributed by atoms with Gasteiger partial charge in [-0.2, -0.15) is 8.78 Å². The molecule has 0 aliphatic rings. The quantitative estimate of drug-likeness (QED) is 0.797. The van der Waals surface area contributed by atoms with Gasteiger partial charge in [0.25, 0.3) is 0 Å². The number of anilines is 1. The number of alkyl halides is 2. The Morgan fingerprint density at radius 3 is 2.19 bits per heavy atom. The van der Waals surface area contributed by atoms with Crippen molar-refractivity contribution in [1.29, 1.82) is 0 Å². The zero-order chi connectivity index (χ0) is 12.3. The lowest BCUT2D eigenvalue weighted by Crippen LogP contribution is -2.10. The van der Waals surface area contributed by atoms with Crippen molar-refractivity contribution in [2.75, 3.05) is 5.32 Å². The van der Waals surface area contributed by atoms with Crippen LogP contribution in [0.3, 0.4) is 0 Å². The second kappa shape index (κ2) is 4.69. The van der Waals surface area contributed by atoms with Gasteiger partial charge in [0.1, 0.15) is 0 Å². The molecule has 0 bridgehead atoms. The predicted octanol–water partition coefficient (Wildman–Crippen LogP) is 2.66. The molecule has 1 aromatic rings. The van der Waals surface area contributed by atoms with E-state index >= 15 is 0 Å². The molecule has 16 heavy (non-hydrogen) atoms. The molecule has 0 heterocycles. The summed E-state index contributed by atoms with van der Waals surface area (Å²) in [5.74, 6) is -4.11. The summed E-state index contributed by atoms with van der Waals surface area (Å²) in [6.07, 6.45) is -1.54. The molecule has 1 aromatic carbocycles. The number of rotatable bonds is 3. The maximum absolute atomic E-state index is 13.0. The molecular formula is C8H5F4NO3.